The quantitative estimate of drug-likeness (QED) is 0.723. The third-order valence-corrected chi connectivity index (χ3v) is 3.68. The summed E-state index contributed by atoms with van der Waals surface area (Å²) in [7, 11) is 2.10. The molecule has 0 aromatic heterocycles. The summed E-state index contributed by atoms with van der Waals surface area (Å²) in [6, 6.07) is 6.32. The first kappa shape index (κ1) is 10.6. The lowest BCUT2D eigenvalue weighted by molar-refractivity contribution is 0.563. The fourth-order valence-electron chi connectivity index (χ4n) is 1.67. The number of aryl methyl sites for hydroxylation is 2. The van der Waals surface area contributed by atoms with Gasteiger partial charge in [-0.3, -0.25) is 0 Å². The molecule has 0 aliphatic carbocycles. The topological polar surface area (TPSA) is 15.6 Å². The number of benzene rings is 1. The molecule has 1 aliphatic rings. The van der Waals surface area contributed by atoms with E-state index in [0.717, 1.165) is 23.2 Å². The van der Waals surface area contributed by atoms with Crippen LogP contribution in [0.5, 0.6) is 0 Å². The molecule has 15 heavy (non-hydrogen) atoms. The van der Waals surface area contributed by atoms with Crippen LogP contribution in [0, 0.1) is 13.8 Å². The molecule has 0 unspecified atom stereocenters. The summed E-state index contributed by atoms with van der Waals surface area (Å²) in [4.78, 5) is 6.96. The van der Waals surface area contributed by atoms with Crippen molar-refractivity contribution in [2.45, 2.75) is 13.8 Å². The molecule has 0 radical (unpaired) electrons. The molecule has 2 rings (SSSR count). The zero-order chi connectivity index (χ0) is 10.8. The second kappa shape index (κ2) is 4.27. The first-order valence-corrected chi connectivity index (χ1v) is 6.16. The molecule has 3 heteroatoms. The molecule has 0 saturated carbocycles. The number of thioether (sulfide) groups is 1. The van der Waals surface area contributed by atoms with E-state index in [0.29, 0.717) is 0 Å². The highest BCUT2D eigenvalue weighted by molar-refractivity contribution is 8.14. The van der Waals surface area contributed by atoms with Crippen LogP contribution in [-0.4, -0.2) is 29.4 Å². The van der Waals surface area contributed by atoms with Crippen LogP contribution >= 0.6 is 11.8 Å². The number of hydrogen-bond donors (Lipinski definition) is 0. The molecule has 80 valence electrons. The van der Waals surface area contributed by atoms with E-state index in [-0.39, 0.29) is 0 Å². The Hall–Kier alpha value is -0.960. The van der Waals surface area contributed by atoms with Gasteiger partial charge in [-0.15, -0.1) is 0 Å². The molecule has 1 aromatic rings. The number of amidine groups is 1. The van der Waals surface area contributed by atoms with Crippen molar-refractivity contribution >= 4 is 22.6 Å². The Balaban J connectivity index is 2.38. The van der Waals surface area contributed by atoms with Crippen molar-refractivity contribution in [1.82, 2.24) is 4.90 Å². The highest BCUT2D eigenvalue weighted by atomic mass is 32.2. The van der Waals surface area contributed by atoms with E-state index in [2.05, 4.69) is 44.0 Å². The number of hydrogen-bond acceptors (Lipinski definition) is 2. The van der Waals surface area contributed by atoms with Crippen LogP contribution in [0.4, 0.5) is 5.69 Å². The third-order valence-electron chi connectivity index (χ3n) is 2.63. The maximum atomic E-state index is 4.74. The molecule has 1 aromatic carbocycles. The van der Waals surface area contributed by atoms with Gasteiger partial charge in [-0.2, -0.15) is 0 Å². The van der Waals surface area contributed by atoms with Gasteiger partial charge < -0.3 is 4.90 Å². The van der Waals surface area contributed by atoms with Gasteiger partial charge in [-0.1, -0.05) is 30.0 Å². The first-order valence-electron chi connectivity index (χ1n) is 5.17. The Morgan fingerprint density at radius 3 is 2.47 bits per heavy atom. The van der Waals surface area contributed by atoms with Gasteiger partial charge in [0, 0.05) is 19.3 Å². The fourth-order valence-corrected chi connectivity index (χ4v) is 2.69. The summed E-state index contributed by atoms with van der Waals surface area (Å²) >= 11 is 1.84. The summed E-state index contributed by atoms with van der Waals surface area (Å²) in [5.41, 5.74) is 3.64. The molecule has 0 spiro atoms. The van der Waals surface area contributed by atoms with Crippen molar-refractivity contribution in [2.24, 2.45) is 4.99 Å². The summed E-state index contributed by atoms with van der Waals surface area (Å²) in [6.45, 7) is 5.34. The molecule has 0 amide bonds. The van der Waals surface area contributed by atoms with Gasteiger partial charge in [0.15, 0.2) is 5.17 Å². The molecule has 1 fully saturated rings. The van der Waals surface area contributed by atoms with E-state index in [1.54, 1.807) is 0 Å². The largest absolute Gasteiger partial charge is 0.353 e. The van der Waals surface area contributed by atoms with Crippen LogP contribution < -0.4 is 0 Å². The van der Waals surface area contributed by atoms with E-state index >= 15 is 0 Å². The highest BCUT2D eigenvalue weighted by Crippen LogP contribution is 2.27. The number of aliphatic imine (C=N–C) groups is 1. The van der Waals surface area contributed by atoms with Gasteiger partial charge in [0.2, 0.25) is 0 Å². The third kappa shape index (κ3) is 2.17. The van der Waals surface area contributed by atoms with Gasteiger partial charge in [0.05, 0.1) is 5.69 Å². The Labute approximate surface area is 95.4 Å². The zero-order valence-electron chi connectivity index (χ0n) is 9.45. The van der Waals surface area contributed by atoms with Crippen LogP contribution in [0.2, 0.25) is 0 Å². The van der Waals surface area contributed by atoms with E-state index in [9.17, 15) is 0 Å². The van der Waals surface area contributed by atoms with Crippen molar-refractivity contribution in [3.63, 3.8) is 0 Å². The maximum absolute atomic E-state index is 4.74. The molecular weight excluding hydrogens is 204 g/mol. The second-order valence-corrected chi connectivity index (χ2v) is 4.97. The summed E-state index contributed by atoms with van der Waals surface area (Å²) in [6.07, 6.45) is 0. The van der Waals surface area contributed by atoms with Crippen molar-refractivity contribution in [1.29, 1.82) is 0 Å². The molecular formula is C12H16N2S. The van der Waals surface area contributed by atoms with Gasteiger partial charge in [0.25, 0.3) is 0 Å². The lowest BCUT2D eigenvalue weighted by atomic mass is 10.1. The zero-order valence-corrected chi connectivity index (χ0v) is 10.3. The standard InChI is InChI=1S/C12H16N2S/c1-9-5-4-6-10(2)11(9)13-12-14(3)7-8-15-12/h4-6H,7-8H2,1-3H3. The van der Waals surface area contributed by atoms with Gasteiger partial charge in [0.1, 0.15) is 0 Å². The molecule has 1 aliphatic heterocycles. The van der Waals surface area contributed by atoms with Crippen molar-refractivity contribution in [2.75, 3.05) is 19.3 Å². The predicted molar refractivity (Wildman–Crippen MR) is 68.1 cm³/mol. The molecule has 0 bridgehead atoms. The normalized spacial score (nSPS) is 18.9. The lowest BCUT2D eigenvalue weighted by Crippen LogP contribution is -2.17. The monoisotopic (exact) mass is 220 g/mol. The number of para-hydroxylation sites is 1. The van der Waals surface area contributed by atoms with Crippen molar-refractivity contribution in [3.8, 4) is 0 Å². The lowest BCUT2D eigenvalue weighted by Gasteiger charge is -2.11. The van der Waals surface area contributed by atoms with E-state index in [1.807, 2.05) is 11.8 Å². The highest BCUT2D eigenvalue weighted by Gasteiger charge is 2.15. The molecule has 0 N–H and O–H groups in total. The van der Waals surface area contributed by atoms with Gasteiger partial charge in [-0.05, 0) is 25.0 Å². The summed E-state index contributed by atoms with van der Waals surface area (Å²) < 4.78 is 0. The van der Waals surface area contributed by atoms with E-state index in [4.69, 9.17) is 4.99 Å². The Kier molecular flexibility index (Phi) is 3.00. The molecule has 0 atom stereocenters. The molecule has 1 heterocycles. The minimum absolute atomic E-state index is 1.11. The SMILES string of the molecule is Cc1cccc(C)c1N=C1SCCN1C. The molecule has 1 saturated heterocycles. The minimum atomic E-state index is 1.11. The summed E-state index contributed by atoms with van der Waals surface area (Å²) in [5, 5.41) is 1.15. The number of nitrogens with zero attached hydrogens (tertiary/aromatic N) is 2. The van der Waals surface area contributed by atoms with Crippen LogP contribution in [-0.2, 0) is 0 Å². The predicted octanol–water partition coefficient (Wildman–Crippen LogP) is 2.97. The maximum Gasteiger partial charge on any atom is 0.164 e. The van der Waals surface area contributed by atoms with E-state index < -0.39 is 0 Å². The average molecular weight is 220 g/mol. The van der Waals surface area contributed by atoms with Gasteiger partial charge >= 0.3 is 0 Å². The fraction of sp³-hybridized carbons (Fsp3) is 0.417. The van der Waals surface area contributed by atoms with Crippen LogP contribution in [0.25, 0.3) is 0 Å². The Morgan fingerprint density at radius 1 is 1.27 bits per heavy atom. The second-order valence-electron chi connectivity index (χ2n) is 3.90. The van der Waals surface area contributed by atoms with Crippen molar-refractivity contribution < 1.29 is 0 Å². The van der Waals surface area contributed by atoms with Crippen LogP contribution in [0.15, 0.2) is 23.2 Å². The van der Waals surface area contributed by atoms with Crippen molar-refractivity contribution in [3.05, 3.63) is 29.3 Å². The minimum Gasteiger partial charge on any atom is -0.353 e. The smallest absolute Gasteiger partial charge is 0.164 e. The average Bonchev–Trinajstić information content (AvgIpc) is 2.58. The molecule has 2 nitrogen and oxygen atoms in total. The Morgan fingerprint density at radius 2 is 1.93 bits per heavy atom. The van der Waals surface area contributed by atoms with Crippen LogP contribution in [0.3, 0.4) is 0 Å². The summed E-state index contributed by atoms with van der Waals surface area (Å²) in [5.74, 6) is 1.15. The van der Waals surface area contributed by atoms with E-state index in [1.165, 1.54) is 11.1 Å². The first-order chi connectivity index (χ1) is 7.18. The number of rotatable bonds is 1. The Bertz CT molecular complexity index is 378. The van der Waals surface area contributed by atoms with Crippen LogP contribution in [0.1, 0.15) is 11.1 Å². The van der Waals surface area contributed by atoms with Gasteiger partial charge in [-0.25, -0.2) is 4.99 Å².